The zero-order chi connectivity index (χ0) is 16.2. The van der Waals surface area contributed by atoms with Crippen molar-refractivity contribution in [2.45, 2.75) is 11.5 Å². The van der Waals surface area contributed by atoms with E-state index in [0.717, 1.165) is 17.4 Å². The maximum atomic E-state index is 11.8. The molecule has 3 N–H and O–H groups in total. The fourth-order valence-corrected chi connectivity index (χ4v) is 2.26. The van der Waals surface area contributed by atoms with E-state index in [-0.39, 0.29) is 5.76 Å². The quantitative estimate of drug-likeness (QED) is 0.820. The summed E-state index contributed by atoms with van der Waals surface area (Å²) in [6.07, 6.45) is 0.623. The fraction of sp³-hybridized carbons (Fsp3) is 0.214. The summed E-state index contributed by atoms with van der Waals surface area (Å²) >= 11 is 0. The molecule has 2 aromatic rings. The first-order valence-corrected chi connectivity index (χ1v) is 7.98. The Balaban J connectivity index is 1.88. The number of nitrogens with two attached hydrogens (primary N) is 1. The van der Waals surface area contributed by atoms with Crippen LogP contribution in [-0.4, -0.2) is 28.0 Å². The van der Waals surface area contributed by atoms with Crippen LogP contribution in [0.2, 0.25) is 0 Å². The molecule has 118 valence electrons. The average Bonchev–Trinajstić information content (AvgIpc) is 2.98. The molecule has 22 heavy (non-hydrogen) atoms. The predicted octanol–water partition coefficient (Wildman–Crippen LogP) is 0.908. The number of amides is 1. The molecule has 2 rings (SSSR count). The highest BCUT2D eigenvalue weighted by molar-refractivity contribution is 7.89. The maximum absolute atomic E-state index is 11.8. The summed E-state index contributed by atoms with van der Waals surface area (Å²) in [5, 5.41) is 7.11. The lowest BCUT2D eigenvalue weighted by molar-refractivity contribution is 0.0921. The monoisotopic (exact) mass is 324 g/mol. The predicted molar refractivity (Wildman–Crippen MR) is 79.1 cm³/mol. The van der Waals surface area contributed by atoms with E-state index in [1.165, 1.54) is 6.07 Å². The van der Waals surface area contributed by atoms with Crippen molar-refractivity contribution in [3.63, 3.8) is 0 Å². The molecule has 1 heterocycles. The molecule has 0 aliphatic heterocycles. The minimum absolute atomic E-state index is 0.0984. The standard InChI is InChI=1S/C14H16N2O5S/c1-20-11-4-2-10(3-5-11)8-9-16-14(17)12-6-7-13(21-12)22(15,18)19/h2-7H,8-9H2,1H3,(H,16,17)(H2,15,18,19). The second-order valence-corrected chi connectivity index (χ2v) is 6.01. The Hall–Kier alpha value is -2.32. The summed E-state index contributed by atoms with van der Waals surface area (Å²) in [7, 11) is -2.35. The van der Waals surface area contributed by atoms with Gasteiger partial charge in [0.1, 0.15) is 5.75 Å². The first-order valence-electron chi connectivity index (χ1n) is 6.44. The third-order valence-corrected chi connectivity index (χ3v) is 3.72. The second kappa shape index (κ2) is 6.63. The first kappa shape index (κ1) is 16.1. The average molecular weight is 324 g/mol. The van der Waals surface area contributed by atoms with Gasteiger partial charge >= 0.3 is 0 Å². The van der Waals surface area contributed by atoms with Crippen LogP contribution in [0.3, 0.4) is 0 Å². The highest BCUT2D eigenvalue weighted by Gasteiger charge is 2.17. The third-order valence-electron chi connectivity index (χ3n) is 2.94. The van der Waals surface area contributed by atoms with Crippen molar-refractivity contribution < 1.29 is 22.4 Å². The van der Waals surface area contributed by atoms with E-state index in [9.17, 15) is 13.2 Å². The number of carbonyl (C=O) groups excluding carboxylic acids is 1. The smallest absolute Gasteiger partial charge is 0.287 e. The van der Waals surface area contributed by atoms with Crippen LogP contribution in [0.1, 0.15) is 16.1 Å². The van der Waals surface area contributed by atoms with Gasteiger partial charge in [-0.1, -0.05) is 12.1 Å². The summed E-state index contributed by atoms with van der Waals surface area (Å²) in [6.45, 7) is 0.385. The number of benzene rings is 1. The van der Waals surface area contributed by atoms with Crippen LogP contribution in [0.15, 0.2) is 45.9 Å². The van der Waals surface area contributed by atoms with E-state index in [1.807, 2.05) is 24.3 Å². The highest BCUT2D eigenvalue weighted by Crippen LogP contribution is 2.13. The lowest BCUT2D eigenvalue weighted by atomic mass is 10.1. The van der Waals surface area contributed by atoms with Crippen LogP contribution in [0.25, 0.3) is 0 Å². The molecular formula is C14H16N2O5S. The topological polar surface area (TPSA) is 112 Å². The number of sulfonamides is 1. The van der Waals surface area contributed by atoms with Crippen molar-refractivity contribution in [1.29, 1.82) is 0 Å². The Morgan fingerprint density at radius 1 is 1.23 bits per heavy atom. The van der Waals surface area contributed by atoms with Gasteiger partial charge < -0.3 is 14.5 Å². The zero-order valence-corrected chi connectivity index (χ0v) is 12.7. The second-order valence-electron chi connectivity index (χ2n) is 4.52. The number of primary sulfonamides is 1. The lowest BCUT2D eigenvalue weighted by Crippen LogP contribution is -2.25. The Morgan fingerprint density at radius 3 is 2.45 bits per heavy atom. The molecule has 0 spiro atoms. The van der Waals surface area contributed by atoms with Crippen LogP contribution in [0.5, 0.6) is 5.75 Å². The number of ether oxygens (including phenoxy) is 1. The third kappa shape index (κ3) is 4.09. The molecule has 7 nitrogen and oxygen atoms in total. The van der Waals surface area contributed by atoms with Crippen molar-refractivity contribution in [3.8, 4) is 5.75 Å². The van der Waals surface area contributed by atoms with E-state index in [2.05, 4.69) is 5.32 Å². The summed E-state index contributed by atoms with van der Waals surface area (Å²) < 4.78 is 32.1. The van der Waals surface area contributed by atoms with Crippen LogP contribution in [-0.2, 0) is 16.4 Å². The Bertz CT molecular complexity index is 750. The summed E-state index contributed by atoms with van der Waals surface area (Å²) in [5.74, 6) is 0.168. The number of rotatable bonds is 6. The number of hydrogen-bond donors (Lipinski definition) is 2. The van der Waals surface area contributed by atoms with Crippen molar-refractivity contribution in [2.75, 3.05) is 13.7 Å². The van der Waals surface area contributed by atoms with Crippen LogP contribution < -0.4 is 15.2 Å². The lowest BCUT2D eigenvalue weighted by Gasteiger charge is -2.05. The molecule has 0 unspecified atom stereocenters. The molecule has 0 bridgehead atoms. The molecule has 1 amide bonds. The molecular weight excluding hydrogens is 308 g/mol. The van der Waals surface area contributed by atoms with Gasteiger partial charge in [-0.05, 0) is 36.2 Å². The zero-order valence-electron chi connectivity index (χ0n) is 11.9. The SMILES string of the molecule is COc1ccc(CCNC(=O)c2ccc(S(N)(=O)=O)o2)cc1. The summed E-state index contributed by atoms with van der Waals surface area (Å²) in [5.41, 5.74) is 1.03. The molecule has 8 heteroatoms. The van der Waals surface area contributed by atoms with Gasteiger partial charge in [-0.15, -0.1) is 0 Å². The number of carbonyl (C=O) groups is 1. The number of furan rings is 1. The van der Waals surface area contributed by atoms with Gasteiger partial charge in [-0.2, -0.15) is 0 Å². The molecule has 0 atom stereocenters. The maximum Gasteiger partial charge on any atom is 0.287 e. The fourth-order valence-electron chi connectivity index (χ4n) is 1.79. The largest absolute Gasteiger partial charge is 0.497 e. The van der Waals surface area contributed by atoms with Gasteiger partial charge in [0.2, 0.25) is 5.09 Å². The molecule has 0 aliphatic carbocycles. The number of methoxy groups -OCH3 is 1. The van der Waals surface area contributed by atoms with Crippen molar-refractivity contribution >= 4 is 15.9 Å². The van der Waals surface area contributed by atoms with E-state index in [4.69, 9.17) is 14.3 Å². The normalized spacial score (nSPS) is 11.2. The molecule has 0 saturated heterocycles. The van der Waals surface area contributed by atoms with Crippen LogP contribution >= 0.6 is 0 Å². The minimum atomic E-state index is -3.94. The first-order chi connectivity index (χ1) is 10.4. The van der Waals surface area contributed by atoms with Crippen LogP contribution in [0.4, 0.5) is 0 Å². The van der Waals surface area contributed by atoms with E-state index >= 15 is 0 Å². The summed E-state index contributed by atoms with van der Waals surface area (Å²) in [6, 6.07) is 9.88. The van der Waals surface area contributed by atoms with E-state index in [0.29, 0.717) is 13.0 Å². The van der Waals surface area contributed by atoms with Gasteiger partial charge in [0.05, 0.1) is 7.11 Å². The van der Waals surface area contributed by atoms with Crippen molar-refractivity contribution in [1.82, 2.24) is 5.32 Å². The highest BCUT2D eigenvalue weighted by atomic mass is 32.2. The molecule has 0 aliphatic rings. The molecule has 1 aromatic heterocycles. The van der Waals surface area contributed by atoms with E-state index in [1.54, 1.807) is 7.11 Å². The molecule has 0 radical (unpaired) electrons. The van der Waals surface area contributed by atoms with E-state index < -0.39 is 21.0 Å². The summed E-state index contributed by atoms with van der Waals surface area (Å²) in [4.78, 5) is 11.8. The van der Waals surface area contributed by atoms with Crippen molar-refractivity contribution in [3.05, 3.63) is 47.7 Å². The number of hydrogen-bond acceptors (Lipinski definition) is 5. The van der Waals surface area contributed by atoms with Gasteiger partial charge in [-0.25, -0.2) is 13.6 Å². The van der Waals surface area contributed by atoms with Gasteiger partial charge in [-0.3, -0.25) is 4.79 Å². The van der Waals surface area contributed by atoms with Gasteiger partial charge in [0.25, 0.3) is 15.9 Å². The molecule has 1 aromatic carbocycles. The molecule has 0 fully saturated rings. The Labute approximate surface area is 128 Å². The minimum Gasteiger partial charge on any atom is -0.497 e. The van der Waals surface area contributed by atoms with Gasteiger partial charge in [0, 0.05) is 6.54 Å². The molecule has 0 saturated carbocycles. The van der Waals surface area contributed by atoms with Gasteiger partial charge in [0.15, 0.2) is 5.76 Å². The Kier molecular flexibility index (Phi) is 4.84. The number of nitrogens with one attached hydrogen (secondary N) is 1. The van der Waals surface area contributed by atoms with Crippen molar-refractivity contribution in [2.24, 2.45) is 5.14 Å². The van der Waals surface area contributed by atoms with Crippen LogP contribution in [0, 0.1) is 0 Å². The Morgan fingerprint density at radius 2 is 1.91 bits per heavy atom.